The van der Waals surface area contributed by atoms with Crippen molar-refractivity contribution >= 4 is 65.6 Å². The molecule has 4 aromatic heterocycles. The number of fused-ring (bicyclic) bond motifs is 10. The Labute approximate surface area is 327 Å². The molecule has 266 valence electrons. The minimum Gasteiger partial charge on any atom is -0.454 e. The molecule has 0 atom stereocenters. The van der Waals surface area contributed by atoms with Crippen LogP contribution in [0.2, 0.25) is 0 Å². The van der Waals surface area contributed by atoms with E-state index in [0.717, 1.165) is 88.7 Å². The first kappa shape index (κ1) is 31.6. The summed E-state index contributed by atoms with van der Waals surface area (Å²) in [5.41, 5.74) is 13.1. The molecule has 0 spiro atoms. The summed E-state index contributed by atoms with van der Waals surface area (Å²) in [5.74, 6) is 0.665. The molecule has 8 aromatic carbocycles. The lowest BCUT2D eigenvalue weighted by atomic mass is 10.1. The van der Waals surface area contributed by atoms with E-state index in [0.29, 0.717) is 5.82 Å². The highest BCUT2D eigenvalue weighted by Gasteiger charge is 2.22. The van der Waals surface area contributed by atoms with Crippen LogP contribution in [0, 0.1) is 0 Å². The van der Waals surface area contributed by atoms with Gasteiger partial charge in [0.25, 0.3) is 0 Å². The third-order valence-corrected chi connectivity index (χ3v) is 11.3. The average Bonchev–Trinajstić information content (AvgIpc) is 3.94. The van der Waals surface area contributed by atoms with E-state index in [9.17, 15) is 0 Å². The lowest BCUT2D eigenvalue weighted by molar-refractivity contribution is 0.671. The van der Waals surface area contributed by atoms with Crippen molar-refractivity contribution in [3.8, 4) is 45.3 Å². The summed E-state index contributed by atoms with van der Waals surface area (Å²) in [6.07, 6.45) is 0. The fraction of sp³-hybridized carbons (Fsp3) is 0. The van der Waals surface area contributed by atoms with Gasteiger partial charge in [-0.25, -0.2) is 9.97 Å². The molecule has 5 nitrogen and oxygen atoms in total. The number of nitrogens with zero attached hydrogens (tertiary/aromatic N) is 4. The number of aromatic nitrogens is 4. The van der Waals surface area contributed by atoms with Crippen LogP contribution in [0.25, 0.3) is 111 Å². The molecular formula is C52H32N4O. The predicted molar refractivity (Wildman–Crippen MR) is 234 cm³/mol. The van der Waals surface area contributed by atoms with E-state index >= 15 is 0 Å². The Morgan fingerprint density at radius 3 is 1.68 bits per heavy atom. The van der Waals surface area contributed by atoms with Gasteiger partial charge in [0.1, 0.15) is 5.58 Å². The van der Waals surface area contributed by atoms with Gasteiger partial charge in [-0.05, 0) is 60.7 Å². The number of furan rings is 1. The summed E-state index contributed by atoms with van der Waals surface area (Å²) in [4.78, 5) is 10.4. The molecule has 0 saturated carbocycles. The molecule has 0 saturated heterocycles. The second-order valence-corrected chi connectivity index (χ2v) is 14.6. The van der Waals surface area contributed by atoms with Crippen molar-refractivity contribution in [2.24, 2.45) is 0 Å². The quantitative estimate of drug-likeness (QED) is 0.177. The summed E-state index contributed by atoms with van der Waals surface area (Å²) in [6, 6.07) is 68.3. The number of para-hydroxylation sites is 3. The van der Waals surface area contributed by atoms with E-state index in [1.807, 2.05) is 18.2 Å². The van der Waals surface area contributed by atoms with Crippen LogP contribution in [0.4, 0.5) is 0 Å². The number of hydrogen-bond acceptors (Lipinski definition) is 3. The second-order valence-electron chi connectivity index (χ2n) is 14.6. The fourth-order valence-corrected chi connectivity index (χ4v) is 8.74. The van der Waals surface area contributed by atoms with E-state index in [1.54, 1.807) is 0 Å². The number of hydrogen-bond donors (Lipinski definition) is 0. The summed E-state index contributed by atoms with van der Waals surface area (Å²) in [6.45, 7) is 0. The fourth-order valence-electron chi connectivity index (χ4n) is 8.74. The molecule has 0 bridgehead atoms. The Balaban J connectivity index is 1.17. The molecule has 0 unspecified atom stereocenters. The van der Waals surface area contributed by atoms with Gasteiger partial charge in [-0.2, -0.15) is 0 Å². The zero-order chi connectivity index (χ0) is 37.5. The van der Waals surface area contributed by atoms with E-state index in [1.165, 1.54) is 16.3 Å². The van der Waals surface area contributed by atoms with Crippen molar-refractivity contribution in [2.75, 3.05) is 0 Å². The van der Waals surface area contributed by atoms with Gasteiger partial charge in [-0.3, -0.25) is 0 Å². The molecular weight excluding hydrogens is 697 g/mol. The average molecular weight is 729 g/mol. The molecule has 0 aliphatic heterocycles. The zero-order valence-electron chi connectivity index (χ0n) is 30.7. The Morgan fingerprint density at radius 2 is 0.930 bits per heavy atom. The van der Waals surface area contributed by atoms with Gasteiger partial charge in [0.2, 0.25) is 0 Å². The molecule has 0 aliphatic carbocycles. The molecule has 12 aromatic rings. The van der Waals surface area contributed by atoms with Crippen LogP contribution in [0.5, 0.6) is 0 Å². The van der Waals surface area contributed by atoms with Crippen LogP contribution in [0.3, 0.4) is 0 Å². The first-order chi connectivity index (χ1) is 28.3. The van der Waals surface area contributed by atoms with Crippen LogP contribution < -0.4 is 0 Å². The van der Waals surface area contributed by atoms with Crippen molar-refractivity contribution < 1.29 is 4.42 Å². The van der Waals surface area contributed by atoms with Crippen molar-refractivity contribution in [3.63, 3.8) is 0 Å². The minimum atomic E-state index is 0.665. The largest absolute Gasteiger partial charge is 0.454 e. The molecule has 0 N–H and O–H groups in total. The van der Waals surface area contributed by atoms with Gasteiger partial charge in [-0.15, -0.1) is 0 Å². The van der Waals surface area contributed by atoms with E-state index in [4.69, 9.17) is 14.4 Å². The molecule has 0 amide bonds. The van der Waals surface area contributed by atoms with Gasteiger partial charge < -0.3 is 13.6 Å². The van der Waals surface area contributed by atoms with Crippen LogP contribution in [-0.4, -0.2) is 19.1 Å². The molecule has 0 radical (unpaired) electrons. The first-order valence-corrected chi connectivity index (χ1v) is 19.2. The van der Waals surface area contributed by atoms with Crippen LogP contribution in [0.1, 0.15) is 0 Å². The molecule has 57 heavy (non-hydrogen) atoms. The van der Waals surface area contributed by atoms with Crippen LogP contribution in [-0.2, 0) is 0 Å². The molecule has 0 fully saturated rings. The van der Waals surface area contributed by atoms with Crippen LogP contribution >= 0.6 is 0 Å². The molecule has 12 rings (SSSR count). The Bertz CT molecular complexity index is 3450. The Morgan fingerprint density at radius 1 is 0.351 bits per heavy atom. The normalized spacial score (nSPS) is 11.9. The SMILES string of the molecule is c1ccc(-c2cc(-c3ccccc3)nc(-c3cccc(-n4c5cc6c(cc5c5ccc7c8ccccc8oc7c54)c4ccccc4n6-c4ccccc4)c3)n2)cc1. The van der Waals surface area contributed by atoms with Crippen molar-refractivity contribution in [1.29, 1.82) is 0 Å². The number of rotatable bonds is 5. The summed E-state index contributed by atoms with van der Waals surface area (Å²) in [5, 5.41) is 6.92. The van der Waals surface area contributed by atoms with Crippen molar-refractivity contribution in [2.45, 2.75) is 0 Å². The maximum absolute atomic E-state index is 6.79. The summed E-state index contributed by atoms with van der Waals surface area (Å²) in [7, 11) is 0. The highest BCUT2D eigenvalue weighted by Crippen LogP contribution is 2.44. The Hall–Kier alpha value is -7.76. The van der Waals surface area contributed by atoms with Crippen molar-refractivity contribution in [1.82, 2.24) is 19.1 Å². The smallest absolute Gasteiger partial charge is 0.160 e. The van der Waals surface area contributed by atoms with Gasteiger partial charge in [-0.1, -0.05) is 133 Å². The first-order valence-electron chi connectivity index (χ1n) is 19.2. The molecule has 0 aliphatic rings. The minimum absolute atomic E-state index is 0.665. The highest BCUT2D eigenvalue weighted by molar-refractivity contribution is 6.24. The van der Waals surface area contributed by atoms with Gasteiger partial charge >= 0.3 is 0 Å². The van der Waals surface area contributed by atoms with E-state index in [2.05, 4.69) is 185 Å². The lowest BCUT2D eigenvalue weighted by Crippen LogP contribution is -1.99. The third-order valence-electron chi connectivity index (χ3n) is 11.3. The van der Waals surface area contributed by atoms with Crippen LogP contribution in [0.15, 0.2) is 199 Å². The standard InChI is InChI=1S/C52H32N4O/c1-4-15-33(16-5-1)44-31-45(34-17-6-2-7-18-34)54-52(53-44)35-19-14-22-37(29-35)56-48-32-47-42(38-23-10-12-25-46(38)55(47)36-20-8-3-9-21-36)30-43(48)40-27-28-41-39-24-11-13-26-49(39)57-51(41)50(40)56/h1-32H. The monoisotopic (exact) mass is 728 g/mol. The van der Waals surface area contributed by atoms with Gasteiger partial charge in [0.05, 0.1) is 33.5 Å². The number of benzene rings is 8. The third kappa shape index (κ3) is 4.89. The molecule has 4 heterocycles. The van der Waals surface area contributed by atoms with E-state index < -0.39 is 0 Å². The summed E-state index contributed by atoms with van der Waals surface area (Å²) >= 11 is 0. The highest BCUT2D eigenvalue weighted by atomic mass is 16.3. The molecule has 5 heteroatoms. The maximum atomic E-state index is 6.79. The van der Waals surface area contributed by atoms with Gasteiger partial charge in [0.15, 0.2) is 11.4 Å². The second kappa shape index (κ2) is 12.4. The van der Waals surface area contributed by atoms with E-state index in [-0.39, 0.29) is 0 Å². The topological polar surface area (TPSA) is 48.8 Å². The van der Waals surface area contributed by atoms with Crippen molar-refractivity contribution in [3.05, 3.63) is 194 Å². The Kier molecular flexibility index (Phi) is 6.86. The summed E-state index contributed by atoms with van der Waals surface area (Å²) < 4.78 is 11.6. The lowest BCUT2D eigenvalue weighted by Gasteiger charge is -2.13. The van der Waals surface area contributed by atoms with Gasteiger partial charge in [0, 0.05) is 60.4 Å². The maximum Gasteiger partial charge on any atom is 0.160 e. The zero-order valence-corrected chi connectivity index (χ0v) is 30.7. The predicted octanol–water partition coefficient (Wildman–Crippen LogP) is 13.6.